The zero-order valence-corrected chi connectivity index (χ0v) is 21.6. The molecule has 0 heterocycles. The molecule has 2 amide bonds. The monoisotopic (exact) mass is 512 g/mol. The Labute approximate surface area is 217 Å². The Morgan fingerprint density at radius 2 is 1.60 bits per heavy atom. The van der Waals surface area contributed by atoms with Crippen molar-refractivity contribution < 1.29 is 14.3 Å². The molecule has 0 saturated carbocycles. The van der Waals surface area contributed by atoms with Crippen LogP contribution in [-0.4, -0.2) is 36.4 Å². The number of halogens is 2. The molecule has 7 heteroatoms. The molecule has 3 rings (SSSR count). The number of likely N-dealkylation sites (N-methyl/N-ethyl adjacent to an activating group) is 1. The van der Waals surface area contributed by atoms with Crippen molar-refractivity contribution in [2.75, 3.05) is 13.7 Å². The number of rotatable bonds is 10. The van der Waals surface area contributed by atoms with Crippen molar-refractivity contribution in [3.8, 4) is 5.75 Å². The first kappa shape index (κ1) is 26.6. The van der Waals surface area contributed by atoms with E-state index in [0.717, 1.165) is 16.7 Å². The number of ether oxygens (including phenoxy) is 1. The van der Waals surface area contributed by atoms with Crippen LogP contribution in [0.1, 0.15) is 36.5 Å². The van der Waals surface area contributed by atoms with Gasteiger partial charge < -0.3 is 15.0 Å². The standard InChI is InChI=1S/C28H30Cl2N2O3/c1-19(2)22-11-7-8-12-26(22)35-18-27(33)32(17-21-13-14-23(29)24(30)15-21)25(28(34)31-3)16-20-9-5-4-6-10-20/h4-15,19,25H,16-18H2,1-3H3,(H,31,34). The lowest BCUT2D eigenvalue weighted by Gasteiger charge is -2.31. The third-order valence-corrected chi connectivity index (χ3v) is 6.49. The Morgan fingerprint density at radius 3 is 2.26 bits per heavy atom. The first-order valence-corrected chi connectivity index (χ1v) is 12.3. The molecule has 0 radical (unpaired) electrons. The molecule has 5 nitrogen and oxygen atoms in total. The zero-order chi connectivity index (χ0) is 25.4. The maximum Gasteiger partial charge on any atom is 0.261 e. The van der Waals surface area contributed by atoms with E-state index in [0.29, 0.717) is 22.2 Å². The van der Waals surface area contributed by atoms with Crippen LogP contribution >= 0.6 is 23.2 Å². The van der Waals surface area contributed by atoms with Crippen molar-refractivity contribution >= 4 is 35.0 Å². The molecule has 0 fully saturated rings. The minimum absolute atomic E-state index is 0.176. The summed E-state index contributed by atoms with van der Waals surface area (Å²) in [5.74, 6) is 0.333. The summed E-state index contributed by atoms with van der Waals surface area (Å²) in [4.78, 5) is 28.1. The predicted molar refractivity (Wildman–Crippen MR) is 141 cm³/mol. The highest BCUT2D eigenvalue weighted by molar-refractivity contribution is 6.42. The molecular formula is C28H30Cl2N2O3. The Kier molecular flexibility index (Phi) is 9.58. The van der Waals surface area contributed by atoms with Crippen LogP contribution in [0, 0.1) is 0 Å². The van der Waals surface area contributed by atoms with Crippen molar-refractivity contribution in [1.82, 2.24) is 10.2 Å². The number of carbonyl (C=O) groups is 2. The maximum absolute atomic E-state index is 13.6. The Bertz CT molecular complexity index is 1150. The van der Waals surface area contributed by atoms with Gasteiger partial charge in [-0.3, -0.25) is 9.59 Å². The van der Waals surface area contributed by atoms with Gasteiger partial charge in [-0.05, 0) is 40.8 Å². The van der Waals surface area contributed by atoms with E-state index in [2.05, 4.69) is 19.2 Å². The average molecular weight is 513 g/mol. The first-order chi connectivity index (χ1) is 16.8. The van der Waals surface area contributed by atoms with Crippen LogP contribution in [0.25, 0.3) is 0 Å². The minimum Gasteiger partial charge on any atom is -0.483 e. The quantitative estimate of drug-likeness (QED) is 0.368. The van der Waals surface area contributed by atoms with Crippen LogP contribution in [-0.2, 0) is 22.6 Å². The van der Waals surface area contributed by atoms with E-state index in [1.165, 1.54) is 0 Å². The van der Waals surface area contributed by atoms with Gasteiger partial charge in [0.05, 0.1) is 10.0 Å². The minimum atomic E-state index is -0.742. The number of para-hydroxylation sites is 1. The van der Waals surface area contributed by atoms with Gasteiger partial charge in [0, 0.05) is 20.0 Å². The lowest BCUT2D eigenvalue weighted by atomic mass is 10.0. The second-order valence-electron chi connectivity index (χ2n) is 8.57. The van der Waals surface area contributed by atoms with Gasteiger partial charge in [-0.1, -0.05) is 91.6 Å². The Balaban J connectivity index is 1.91. The Hall–Kier alpha value is -3.02. The lowest BCUT2D eigenvalue weighted by Crippen LogP contribution is -2.51. The fourth-order valence-electron chi connectivity index (χ4n) is 3.87. The summed E-state index contributed by atoms with van der Waals surface area (Å²) in [6.45, 7) is 4.12. The normalized spacial score (nSPS) is 11.7. The third kappa shape index (κ3) is 7.23. The lowest BCUT2D eigenvalue weighted by molar-refractivity contribution is -0.142. The van der Waals surface area contributed by atoms with Crippen LogP contribution in [0.5, 0.6) is 5.75 Å². The number of nitrogens with one attached hydrogen (secondary N) is 1. The van der Waals surface area contributed by atoms with Gasteiger partial charge in [0.15, 0.2) is 6.61 Å². The van der Waals surface area contributed by atoms with Gasteiger partial charge >= 0.3 is 0 Å². The van der Waals surface area contributed by atoms with Crippen molar-refractivity contribution in [3.05, 3.63) is 99.5 Å². The maximum atomic E-state index is 13.6. The summed E-state index contributed by atoms with van der Waals surface area (Å²) in [7, 11) is 1.57. The number of carbonyl (C=O) groups excluding carboxylic acids is 2. The molecule has 0 aliphatic heterocycles. The fraction of sp³-hybridized carbons (Fsp3) is 0.286. The second kappa shape index (κ2) is 12.6. The van der Waals surface area contributed by atoms with Gasteiger partial charge in [-0.25, -0.2) is 0 Å². The molecule has 1 unspecified atom stereocenters. The summed E-state index contributed by atoms with van der Waals surface area (Å²) in [6.07, 6.45) is 0.357. The predicted octanol–water partition coefficient (Wildman–Crippen LogP) is 5.88. The van der Waals surface area contributed by atoms with Crippen molar-refractivity contribution in [2.45, 2.75) is 38.8 Å². The van der Waals surface area contributed by atoms with Gasteiger partial charge in [0.25, 0.3) is 5.91 Å². The number of benzene rings is 3. The van der Waals surface area contributed by atoms with Gasteiger partial charge in [-0.2, -0.15) is 0 Å². The molecule has 0 aromatic heterocycles. The molecule has 1 N–H and O–H groups in total. The SMILES string of the molecule is CNC(=O)C(Cc1ccccc1)N(Cc1ccc(Cl)c(Cl)c1)C(=O)COc1ccccc1C(C)C. The zero-order valence-electron chi connectivity index (χ0n) is 20.1. The van der Waals surface area contributed by atoms with E-state index < -0.39 is 6.04 Å². The van der Waals surface area contributed by atoms with Crippen LogP contribution in [0.2, 0.25) is 10.0 Å². The largest absolute Gasteiger partial charge is 0.483 e. The van der Waals surface area contributed by atoms with Crippen LogP contribution in [0.15, 0.2) is 72.8 Å². The molecule has 1 atom stereocenters. The van der Waals surface area contributed by atoms with E-state index in [4.69, 9.17) is 27.9 Å². The third-order valence-electron chi connectivity index (χ3n) is 5.75. The number of hydrogen-bond acceptors (Lipinski definition) is 3. The summed E-state index contributed by atoms with van der Waals surface area (Å²) in [5.41, 5.74) is 2.72. The van der Waals surface area contributed by atoms with E-state index in [-0.39, 0.29) is 30.9 Å². The van der Waals surface area contributed by atoms with Crippen molar-refractivity contribution in [3.63, 3.8) is 0 Å². The summed E-state index contributed by atoms with van der Waals surface area (Å²) < 4.78 is 5.97. The highest BCUT2D eigenvalue weighted by Gasteiger charge is 2.30. The second-order valence-corrected chi connectivity index (χ2v) is 9.39. The number of hydrogen-bond donors (Lipinski definition) is 1. The molecule has 0 spiro atoms. The van der Waals surface area contributed by atoms with E-state index in [1.54, 1.807) is 30.1 Å². The molecular weight excluding hydrogens is 483 g/mol. The molecule has 0 aliphatic rings. The number of nitrogens with zero attached hydrogens (tertiary/aromatic N) is 1. The summed E-state index contributed by atoms with van der Waals surface area (Å²) >= 11 is 12.3. The summed E-state index contributed by atoms with van der Waals surface area (Å²) in [6, 6.07) is 21.7. The van der Waals surface area contributed by atoms with Gasteiger partial charge in [0.1, 0.15) is 11.8 Å². The molecule has 184 valence electrons. The van der Waals surface area contributed by atoms with E-state index in [9.17, 15) is 9.59 Å². The number of amides is 2. The van der Waals surface area contributed by atoms with Crippen molar-refractivity contribution in [2.24, 2.45) is 0 Å². The molecule has 3 aromatic rings. The van der Waals surface area contributed by atoms with E-state index in [1.807, 2.05) is 54.6 Å². The van der Waals surface area contributed by atoms with Gasteiger partial charge in [-0.15, -0.1) is 0 Å². The van der Waals surface area contributed by atoms with Gasteiger partial charge in [0.2, 0.25) is 5.91 Å². The van der Waals surface area contributed by atoms with Crippen LogP contribution in [0.4, 0.5) is 0 Å². The fourth-order valence-corrected chi connectivity index (χ4v) is 4.19. The molecule has 0 bridgehead atoms. The molecule has 0 aliphatic carbocycles. The molecule has 35 heavy (non-hydrogen) atoms. The Morgan fingerprint density at radius 1 is 0.914 bits per heavy atom. The summed E-state index contributed by atoms with van der Waals surface area (Å²) in [5, 5.41) is 3.52. The average Bonchev–Trinajstić information content (AvgIpc) is 2.87. The van der Waals surface area contributed by atoms with E-state index >= 15 is 0 Å². The topological polar surface area (TPSA) is 58.6 Å². The smallest absolute Gasteiger partial charge is 0.261 e. The first-order valence-electron chi connectivity index (χ1n) is 11.5. The van der Waals surface area contributed by atoms with Crippen LogP contribution < -0.4 is 10.1 Å². The highest BCUT2D eigenvalue weighted by Crippen LogP contribution is 2.27. The highest BCUT2D eigenvalue weighted by atomic mass is 35.5. The van der Waals surface area contributed by atoms with Crippen LogP contribution in [0.3, 0.4) is 0 Å². The molecule has 3 aromatic carbocycles. The van der Waals surface area contributed by atoms with Crippen molar-refractivity contribution in [1.29, 1.82) is 0 Å². The molecule has 0 saturated heterocycles.